The fourth-order valence-electron chi connectivity index (χ4n) is 8.48. The lowest BCUT2D eigenvalue weighted by atomic mass is 9.53. The maximum absolute atomic E-state index is 12.0. The standard InChI is InChI=1S/C23H26N4O4.C21H22N4O5S.C3H8O/c1-2-8-29-21-25-14-17(13-24)20(27-21)31-19-11-23(12-19)9-18(10-23)26-22(28)30-15-16-6-4-3-5-7-16;1-31(27,28)19-23-12-15(11-22)18(25-19)30-17-9-21(10-17)7-16(8-21)24-20(26)29-13-14-5-3-2-4-6-14;1-2-3-4/h3-7,14,18-19H,2,8-12,15H2,1H3,(H,26,28);2-6,12,16-17H,7-10,13H2,1H3,(H,24,26);4H,2-3H2,1H3. The van der Waals surface area contributed by atoms with Crippen LogP contribution in [-0.2, 0) is 32.5 Å². The quantitative estimate of drug-likeness (QED) is 0.107. The van der Waals surface area contributed by atoms with Crippen LogP contribution in [0.25, 0.3) is 0 Å². The summed E-state index contributed by atoms with van der Waals surface area (Å²) < 4.78 is 51.0. The van der Waals surface area contributed by atoms with Crippen LogP contribution < -0.4 is 24.8 Å². The molecule has 4 aromatic rings. The molecule has 350 valence electrons. The lowest BCUT2D eigenvalue weighted by Crippen LogP contribution is -2.58. The Bertz CT molecular complexity index is 2440. The summed E-state index contributed by atoms with van der Waals surface area (Å²) in [5.41, 5.74) is 2.60. The van der Waals surface area contributed by atoms with Crippen molar-refractivity contribution in [3.05, 3.63) is 95.3 Å². The molecule has 0 atom stereocenters. The number of nitrogens with one attached hydrogen (secondary N) is 2. The Hall–Kier alpha value is -6.57. The molecule has 4 aliphatic carbocycles. The van der Waals surface area contributed by atoms with Crippen molar-refractivity contribution >= 4 is 22.0 Å². The summed E-state index contributed by atoms with van der Waals surface area (Å²) in [4.78, 5) is 39.9. The highest BCUT2D eigenvalue weighted by atomic mass is 32.2. The van der Waals surface area contributed by atoms with E-state index in [2.05, 4.69) is 36.6 Å². The topological polar surface area (TPSA) is 258 Å². The number of carbonyl (C=O) groups excluding carboxylic acids is 2. The molecule has 0 aliphatic heterocycles. The first-order valence-electron chi connectivity index (χ1n) is 22.0. The van der Waals surface area contributed by atoms with Crippen molar-refractivity contribution in [2.45, 2.75) is 121 Å². The number of benzene rings is 2. The number of aliphatic hydroxyl groups is 1. The van der Waals surface area contributed by atoms with Gasteiger partial charge in [-0.1, -0.05) is 74.5 Å². The van der Waals surface area contributed by atoms with Crippen LogP contribution in [0.4, 0.5) is 9.59 Å². The van der Waals surface area contributed by atoms with Crippen LogP contribution in [0.2, 0.25) is 0 Å². The van der Waals surface area contributed by atoms with Gasteiger partial charge in [0.15, 0.2) is 0 Å². The van der Waals surface area contributed by atoms with Crippen molar-refractivity contribution < 1.29 is 46.8 Å². The smallest absolute Gasteiger partial charge is 0.407 e. The van der Waals surface area contributed by atoms with Crippen LogP contribution in [0.5, 0.6) is 17.8 Å². The van der Waals surface area contributed by atoms with Gasteiger partial charge in [-0.05, 0) is 86.2 Å². The zero-order valence-electron chi connectivity index (χ0n) is 37.4. The number of hydrogen-bond acceptors (Lipinski definition) is 16. The molecule has 19 heteroatoms. The number of ether oxygens (including phenoxy) is 5. The zero-order valence-corrected chi connectivity index (χ0v) is 38.2. The molecule has 0 unspecified atom stereocenters. The van der Waals surface area contributed by atoms with Crippen molar-refractivity contribution in [2.24, 2.45) is 10.8 Å². The fraction of sp³-hybridized carbons (Fsp3) is 0.489. The summed E-state index contributed by atoms with van der Waals surface area (Å²) in [5, 5.41) is 31.8. The number of alkyl carbamates (subject to hydrolysis) is 2. The second-order valence-electron chi connectivity index (χ2n) is 17.2. The van der Waals surface area contributed by atoms with Gasteiger partial charge in [0.05, 0.1) is 19.0 Å². The molecule has 2 heterocycles. The molecule has 2 aromatic carbocycles. The summed E-state index contributed by atoms with van der Waals surface area (Å²) >= 11 is 0. The number of nitrogens with zero attached hydrogens (tertiary/aromatic N) is 6. The molecule has 3 N–H and O–H groups in total. The molecule has 0 saturated heterocycles. The molecule has 2 aromatic heterocycles. The number of aromatic nitrogens is 4. The molecule has 66 heavy (non-hydrogen) atoms. The van der Waals surface area contributed by atoms with Gasteiger partial charge >= 0.3 is 18.2 Å². The SMILES string of the molecule is CCCO.CCCOc1ncc(C#N)c(OC2CC3(CC(NC(=O)OCc4ccccc4)C3)C2)n1.CS(=O)(=O)c1ncc(C#N)c(OC2CC3(CC(NC(=O)OCc4ccccc4)C3)C2)n1. The lowest BCUT2D eigenvalue weighted by molar-refractivity contribution is -0.0863. The summed E-state index contributed by atoms with van der Waals surface area (Å²) in [6.45, 7) is 5.26. The van der Waals surface area contributed by atoms with Crippen molar-refractivity contribution in [3.63, 3.8) is 0 Å². The number of amides is 2. The van der Waals surface area contributed by atoms with E-state index in [1.54, 1.807) is 0 Å². The molecule has 8 rings (SSSR count). The maximum Gasteiger partial charge on any atom is 0.407 e. The second-order valence-corrected chi connectivity index (χ2v) is 19.1. The number of hydrogen-bond donors (Lipinski definition) is 3. The molecule has 0 radical (unpaired) electrons. The van der Waals surface area contributed by atoms with Crippen LogP contribution in [0.15, 0.2) is 78.2 Å². The van der Waals surface area contributed by atoms with Crippen molar-refractivity contribution in [2.75, 3.05) is 19.5 Å². The maximum atomic E-state index is 12.0. The van der Waals surface area contributed by atoms with Gasteiger partial charge in [-0.2, -0.15) is 20.5 Å². The average Bonchev–Trinajstić information content (AvgIpc) is 3.27. The normalized spacial score (nSPS) is 23.1. The number of rotatable bonds is 15. The first-order valence-corrected chi connectivity index (χ1v) is 23.9. The van der Waals surface area contributed by atoms with Gasteiger partial charge in [-0.3, -0.25) is 0 Å². The van der Waals surface area contributed by atoms with E-state index in [1.807, 2.05) is 80.6 Å². The monoisotopic (exact) mass is 924 g/mol. The molecular formula is C47H56N8O10S. The van der Waals surface area contributed by atoms with E-state index in [0.717, 1.165) is 87.8 Å². The highest BCUT2D eigenvalue weighted by molar-refractivity contribution is 7.90. The van der Waals surface area contributed by atoms with Gasteiger partial charge in [0, 0.05) is 24.9 Å². The van der Waals surface area contributed by atoms with Gasteiger partial charge in [-0.15, -0.1) is 0 Å². The first kappa shape index (κ1) is 48.9. The van der Waals surface area contributed by atoms with E-state index in [4.69, 9.17) is 28.8 Å². The Labute approximate surface area is 385 Å². The Morgan fingerprint density at radius 1 is 0.712 bits per heavy atom. The van der Waals surface area contributed by atoms with Crippen molar-refractivity contribution in [3.8, 4) is 29.9 Å². The van der Waals surface area contributed by atoms with Crippen LogP contribution in [0, 0.1) is 33.5 Å². The van der Waals surface area contributed by atoms with Crippen molar-refractivity contribution in [1.29, 1.82) is 10.5 Å². The predicted octanol–water partition coefficient (Wildman–Crippen LogP) is 6.51. The van der Waals surface area contributed by atoms with Gasteiger partial charge in [0.2, 0.25) is 26.8 Å². The minimum Gasteiger partial charge on any atom is -0.473 e. The van der Waals surface area contributed by atoms with Gasteiger partial charge in [-0.25, -0.2) is 28.0 Å². The third-order valence-electron chi connectivity index (χ3n) is 11.7. The van der Waals surface area contributed by atoms with Gasteiger partial charge in [0.25, 0.3) is 0 Å². The zero-order chi connectivity index (χ0) is 47.2. The third kappa shape index (κ3) is 13.5. The average molecular weight is 925 g/mol. The number of nitriles is 2. The van der Waals surface area contributed by atoms with E-state index >= 15 is 0 Å². The molecule has 2 spiro atoms. The summed E-state index contributed by atoms with van der Waals surface area (Å²) in [7, 11) is -3.60. The molecule has 0 bridgehead atoms. The van der Waals surface area contributed by atoms with Crippen LogP contribution in [-0.4, -0.2) is 89.4 Å². The second kappa shape index (κ2) is 22.6. The minimum atomic E-state index is -3.60. The predicted molar refractivity (Wildman–Crippen MR) is 238 cm³/mol. The molecule has 4 fully saturated rings. The van der Waals surface area contributed by atoms with Crippen LogP contribution >= 0.6 is 0 Å². The summed E-state index contributed by atoms with van der Waals surface area (Å²) in [5.74, 6) is 0.276. The molecule has 2 amide bonds. The Morgan fingerprint density at radius 3 is 1.56 bits per heavy atom. The van der Waals surface area contributed by atoms with E-state index in [9.17, 15) is 28.5 Å². The minimum absolute atomic E-state index is 0.00346. The van der Waals surface area contributed by atoms with E-state index in [1.165, 1.54) is 6.20 Å². The molecule has 4 aliphatic rings. The first-order chi connectivity index (χ1) is 31.8. The number of sulfone groups is 1. The fourth-order valence-corrected chi connectivity index (χ4v) is 8.97. The molecule has 18 nitrogen and oxygen atoms in total. The van der Waals surface area contributed by atoms with E-state index < -0.39 is 15.9 Å². The Kier molecular flexibility index (Phi) is 16.7. The number of aliphatic hydroxyl groups excluding tert-OH is 1. The van der Waals surface area contributed by atoms with Crippen molar-refractivity contribution in [1.82, 2.24) is 30.6 Å². The van der Waals surface area contributed by atoms with E-state index in [-0.39, 0.29) is 82.9 Å². The Morgan fingerprint density at radius 2 is 1.15 bits per heavy atom. The third-order valence-corrected chi connectivity index (χ3v) is 12.5. The van der Waals surface area contributed by atoms with Gasteiger partial charge < -0.3 is 39.4 Å². The summed E-state index contributed by atoms with van der Waals surface area (Å²) in [6.07, 6.45) is 11.1. The largest absolute Gasteiger partial charge is 0.473 e. The highest BCUT2D eigenvalue weighted by Gasteiger charge is 2.55. The van der Waals surface area contributed by atoms with Crippen LogP contribution in [0.3, 0.4) is 0 Å². The highest BCUT2D eigenvalue weighted by Crippen LogP contribution is 2.57. The Balaban J connectivity index is 0.000000202. The summed E-state index contributed by atoms with van der Waals surface area (Å²) in [6, 6.07) is 23.5. The van der Waals surface area contributed by atoms with E-state index in [0.29, 0.717) is 18.8 Å². The molecular weight excluding hydrogens is 869 g/mol. The van der Waals surface area contributed by atoms with Crippen LogP contribution in [0.1, 0.15) is 100 Å². The lowest BCUT2D eigenvalue weighted by Gasteiger charge is -2.56. The number of carbonyl (C=O) groups is 2. The molecule has 4 saturated carbocycles. The van der Waals surface area contributed by atoms with Gasteiger partial charge in [0.1, 0.15) is 48.7 Å².